The summed E-state index contributed by atoms with van der Waals surface area (Å²) < 4.78 is 7.46. The zero-order chi connectivity index (χ0) is 23.6. The second-order valence-electron chi connectivity index (χ2n) is 9.39. The monoisotopic (exact) mass is 452 g/mol. The second kappa shape index (κ2) is 9.44. The number of nitrogens with one attached hydrogen (secondary N) is 2. The summed E-state index contributed by atoms with van der Waals surface area (Å²) in [5.74, 6) is 0.396. The van der Waals surface area contributed by atoms with Crippen LogP contribution in [0, 0.1) is 0 Å². The van der Waals surface area contributed by atoms with E-state index in [4.69, 9.17) is 4.74 Å². The first kappa shape index (κ1) is 23.1. The summed E-state index contributed by atoms with van der Waals surface area (Å²) in [6.45, 7) is 10.6. The van der Waals surface area contributed by atoms with Crippen LogP contribution in [-0.4, -0.2) is 67.9 Å². The van der Waals surface area contributed by atoms with Gasteiger partial charge in [0.05, 0.1) is 24.1 Å². The highest BCUT2D eigenvalue weighted by Gasteiger charge is 2.33. The van der Waals surface area contributed by atoms with E-state index in [1.54, 1.807) is 4.68 Å². The molecule has 4 rings (SSSR count). The standard InChI is InChI=1S/C24H32N6O3/c1-16-13-29(14-17(2)33-16)24(3,4)15-25-21(31)11-10-20-27-22-19(23(32)28-20)12-26-30(22)18-8-6-5-7-9-18/h5-9,12,16-17H,10-11,13-15H2,1-4H3,(H,25,31)(H,27,28,32). The van der Waals surface area contributed by atoms with Gasteiger partial charge in [-0.2, -0.15) is 5.10 Å². The molecule has 0 spiro atoms. The first-order chi connectivity index (χ1) is 15.7. The maximum absolute atomic E-state index is 12.6. The molecular formula is C24H32N6O3. The zero-order valence-corrected chi connectivity index (χ0v) is 19.7. The van der Waals surface area contributed by atoms with Crippen LogP contribution in [0.3, 0.4) is 0 Å². The molecule has 1 saturated heterocycles. The third-order valence-corrected chi connectivity index (χ3v) is 6.07. The van der Waals surface area contributed by atoms with E-state index in [-0.39, 0.29) is 35.6 Å². The fourth-order valence-electron chi connectivity index (χ4n) is 4.26. The van der Waals surface area contributed by atoms with Crippen LogP contribution in [0.25, 0.3) is 16.7 Å². The minimum absolute atomic E-state index is 0.0725. The molecule has 0 aliphatic carbocycles. The second-order valence-corrected chi connectivity index (χ2v) is 9.39. The Labute approximate surface area is 193 Å². The summed E-state index contributed by atoms with van der Waals surface area (Å²) in [4.78, 5) is 34.8. The van der Waals surface area contributed by atoms with E-state index in [2.05, 4.69) is 53.0 Å². The number of morpholine rings is 1. The lowest BCUT2D eigenvalue weighted by Gasteiger charge is -2.45. The molecule has 1 amide bonds. The summed E-state index contributed by atoms with van der Waals surface area (Å²) in [5, 5.41) is 7.78. The van der Waals surface area contributed by atoms with Crippen molar-refractivity contribution in [2.45, 2.75) is 58.3 Å². The Kier molecular flexibility index (Phi) is 6.62. The molecule has 1 aliphatic heterocycles. The Bertz CT molecular complexity index is 1160. The SMILES string of the molecule is CC1CN(C(C)(C)CNC(=O)CCc2nc3c(cnn3-c3ccccc3)c(=O)[nH]2)CC(C)O1. The van der Waals surface area contributed by atoms with Crippen molar-refractivity contribution in [3.63, 3.8) is 0 Å². The van der Waals surface area contributed by atoms with Gasteiger partial charge in [0.1, 0.15) is 11.2 Å². The molecule has 0 bridgehead atoms. The van der Waals surface area contributed by atoms with Crippen molar-refractivity contribution < 1.29 is 9.53 Å². The number of aromatic nitrogens is 4. The first-order valence-corrected chi connectivity index (χ1v) is 11.4. The molecule has 0 radical (unpaired) electrons. The molecule has 2 atom stereocenters. The summed E-state index contributed by atoms with van der Waals surface area (Å²) in [5.41, 5.74) is 0.866. The van der Waals surface area contributed by atoms with E-state index in [9.17, 15) is 9.59 Å². The predicted octanol–water partition coefficient (Wildman–Crippen LogP) is 2.05. The Balaban J connectivity index is 1.39. The fraction of sp³-hybridized carbons (Fsp3) is 0.500. The highest BCUT2D eigenvalue weighted by molar-refractivity contribution is 5.77. The smallest absolute Gasteiger partial charge is 0.262 e. The number of nitrogens with zero attached hydrogens (tertiary/aromatic N) is 4. The minimum Gasteiger partial charge on any atom is -0.373 e. The Morgan fingerprint density at radius 1 is 1.21 bits per heavy atom. The number of rotatable bonds is 7. The van der Waals surface area contributed by atoms with Gasteiger partial charge in [-0.3, -0.25) is 14.5 Å². The Morgan fingerprint density at radius 2 is 1.91 bits per heavy atom. The van der Waals surface area contributed by atoms with Gasteiger partial charge in [-0.15, -0.1) is 0 Å². The normalized spacial score (nSPS) is 19.6. The van der Waals surface area contributed by atoms with Crippen LogP contribution < -0.4 is 10.9 Å². The molecular weight excluding hydrogens is 420 g/mol. The third-order valence-electron chi connectivity index (χ3n) is 6.07. The number of benzene rings is 1. The topological polar surface area (TPSA) is 105 Å². The molecule has 1 fully saturated rings. The van der Waals surface area contributed by atoms with Crippen LogP contribution in [0.4, 0.5) is 0 Å². The molecule has 1 aromatic carbocycles. The van der Waals surface area contributed by atoms with E-state index in [0.717, 1.165) is 18.8 Å². The van der Waals surface area contributed by atoms with Crippen molar-refractivity contribution >= 4 is 16.9 Å². The molecule has 9 nitrogen and oxygen atoms in total. The lowest BCUT2D eigenvalue weighted by Crippen LogP contribution is -2.58. The predicted molar refractivity (Wildman–Crippen MR) is 126 cm³/mol. The van der Waals surface area contributed by atoms with Gasteiger partial charge in [-0.25, -0.2) is 9.67 Å². The average molecular weight is 453 g/mol. The molecule has 176 valence electrons. The number of carbonyl (C=O) groups is 1. The van der Waals surface area contributed by atoms with Gasteiger partial charge in [0.15, 0.2) is 5.65 Å². The van der Waals surface area contributed by atoms with Gasteiger partial charge in [-0.1, -0.05) is 18.2 Å². The molecule has 2 unspecified atom stereocenters. The molecule has 2 N–H and O–H groups in total. The van der Waals surface area contributed by atoms with E-state index in [0.29, 0.717) is 29.8 Å². The molecule has 3 aromatic rings. The number of H-pyrrole nitrogens is 1. The Hall–Kier alpha value is -3.04. The van der Waals surface area contributed by atoms with E-state index < -0.39 is 0 Å². The summed E-state index contributed by atoms with van der Waals surface area (Å²) >= 11 is 0. The van der Waals surface area contributed by atoms with Gasteiger partial charge in [0.2, 0.25) is 5.91 Å². The number of ether oxygens (including phenoxy) is 1. The first-order valence-electron chi connectivity index (χ1n) is 11.4. The molecule has 9 heteroatoms. The van der Waals surface area contributed by atoms with Crippen LogP contribution >= 0.6 is 0 Å². The highest BCUT2D eigenvalue weighted by atomic mass is 16.5. The van der Waals surface area contributed by atoms with Crippen molar-refractivity contribution in [1.82, 2.24) is 30.0 Å². The van der Waals surface area contributed by atoms with E-state index in [1.807, 2.05) is 30.3 Å². The molecule has 1 aliphatic rings. The van der Waals surface area contributed by atoms with Crippen molar-refractivity contribution in [3.8, 4) is 5.69 Å². The van der Waals surface area contributed by atoms with Gasteiger partial charge >= 0.3 is 0 Å². The maximum atomic E-state index is 12.6. The van der Waals surface area contributed by atoms with Crippen LogP contribution in [0.1, 0.15) is 39.9 Å². The number of carbonyl (C=O) groups excluding carboxylic acids is 1. The van der Waals surface area contributed by atoms with Crippen LogP contribution in [0.5, 0.6) is 0 Å². The molecule has 3 heterocycles. The number of hydrogen-bond donors (Lipinski definition) is 2. The summed E-state index contributed by atoms with van der Waals surface area (Å²) in [7, 11) is 0. The van der Waals surface area contributed by atoms with Gasteiger partial charge in [0, 0.05) is 38.0 Å². The van der Waals surface area contributed by atoms with Crippen molar-refractivity contribution in [1.29, 1.82) is 0 Å². The van der Waals surface area contributed by atoms with Crippen LogP contribution in [0.15, 0.2) is 41.3 Å². The number of hydrogen-bond acceptors (Lipinski definition) is 6. The lowest BCUT2D eigenvalue weighted by molar-refractivity contribution is -0.122. The van der Waals surface area contributed by atoms with E-state index >= 15 is 0 Å². The fourth-order valence-corrected chi connectivity index (χ4v) is 4.26. The van der Waals surface area contributed by atoms with Crippen molar-refractivity contribution in [2.24, 2.45) is 0 Å². The van der Waals surface area contributed by atoms with Crippen molar-refractivity contribution in [2.75, 3.05) is 19.6 Å². The number of amides is 1. The molecule has 0 saturated carbocycles. The van der Waals surface area contributed by atoms with Crippen molar-refractivity contribution in [3.05, 3.63) is 52.7 Å². The highest BCUT2D eigenvalue weighted by Crippen LogP contribution is 2.21. The third kappa shape index (κ3) is 5.31. The van der Waals surface area contributed by atoms with Crippen LogP contribution in [0.2, 0.25) is 0 Å². The van der Waals surface area contributed by atoms with E-state index in [1.165, 1.54) is 6.20 Å². The summed E-state index contributed by atoms with van der Waals surface area (Å²) in [6.07, 6.45) is 2.43. The largest absolute Gasteiger partial charge is 0.373 e. The number of aromatic amines is 1. The summed E-state index contributed by atoms with van der Waals surface area (Å²) in [6, 6.07) is 9.53. The molecule has 2 aromatic heterocycles. The van der Waals surface area contributed by atoms with Gasteiger partial charge in [-0.05, 0) is 39.8 Å². The quantitative estimate of drug-likeness (QED) is 0.568. The maximum Gasteiger partial charge on any atom is 0.262 e. The van der Waals surface area contributed by atoms with Gasteiger partial charge in [0.25, 0.3) is 5.56 Å². The van der Waals surface area contributed by atoms with Crippen LogP contribution in [-0.2, 0) is 16.0 Å². The van der Waals surface area contributed by atoms with Gasteiger partial charge < -0.3 is 15.0 Å². The zero-order valence-electron chi connectivity index (χ0n) is 19.7. The Morgan fingerprint density at radius 3 is 2.61 bits per heavy atom. The number of fused-ring (bicyclic) bond motifs is 1. The lowest BCUT2D eigenvalue weighted by atomic mass is 10.00. The number of aryl methyl sites for hydroxylation is 1. The molecule has 33 heavy (non-hydrogen) atoms. The minimum atomic E-state index is -0.255. The number of para-hydroxylation sites is 1. The average Bonchev–Trinajstić information content (AvgIpc) is 3.21.